The van der Waals surface area contributed by atoms with E-state index in [0.717, 1.165) is 29.2 Å². The average Bonchev–Trinajstić information content (AvgIpc) is 2.26. The number of hydrogen-bond acceptors (Lipinski definition) is 3. The van der Waals surface area contributed by atoms with Gasteiger partial charge in [-0.3, -0.25) is 0 Å². The van der Waals surface area contributed by atoms with E-state index in [2.05, 4.69) is 15.3 Å². The molecule has 3 nitrogen and oxygen atoms in total. The van der Waals surface area contributed by atoms with Gasteiger partial charge in [0.1, 0.15) is 5.82 Å². The summed E-state index contributed by atoms with van der Waals surface area (Å²) < 4.78 is 0. The highest BCUT2D eigenvalue weighted by Gasteiger charge is 2.17. The second-order valence-electron chi connectivity index (χ2n) is 4.54. The Labute approximate surface area is 105 Å². The number of aromatic nitrogens is 2. The number of rotatable bonds is 3. The molecule has 0 saturated heterocycles. The van der Waals surface area contributed by atoms with Crippen LogP contribution in [0.5, 0.6) is 0 Å². The zero-order chi connectivity index (χ0) is 11.7. The number of nitrogens with one attached hydrogen (secondary N) is 1. The Kier molecular flexibility index (Phi) is 2.85. The minimum atomic E-state index is 0.305. The molecule has 1 N–H and O–H groups in total. The summed E-state index contributed by atoms with van der Waals surface area (Å²) in [6.07, 6.45) is 4.01. The summed E-state index contributed by atoms with van der Waals surface area (Å²) in [5, 5.41) is 4.74. The van der Waals surface area contributed by atoms with Gasteiger partial charge in [-0.2, -0.15) is 0 Å². The lowest BCUT2D eigenvalue weighted by Crippen LogP contribution is -2.21. The molecule has 1 aromatic heterocycles. The number of hydrogen-bond donors (Lipinski definition) is 1. The first-order valence-corrected chi connectivity index (χ1v) is 6.37. The summed E-state index contributed by atoms with van der Waals surface area (Å²) in [4.78, 5) is 8.49. The quantitative estimate of drug-likeness (QED) is 0.844. The first kappa shape index (κ1) is 10.8. The highest BCUT2D eigenvalue weighted by Crippen LogP contribution is 2.28. The van der Waals surface area contributed by atoms with Crippen molar-refractivity contribution < 1.29 is 0 Å². The standard InChI is InChI=1S/C13H14ClN3/c14-13-16-11-7-2-1-6-10(11)12(17-13)15-8-9-4-3-5-9/h1-2,6-7,9H,3-5,8H2,(H,15,16,17). The largest absolute Gasteiger partial charge is 0.369 e. The van der Waals surface area contributed by atoms with Crippen LogP contribution < -0.4 is 5.32 Å². The number of anilines is 1. The minimum absolute atomic E-state index is 0.305. The molecule has 1 aliphatic rings. The van der Waals surface area contributed by atoms with Crippen molar-refractivity contribution in [2.45, 2.75) is 19.3 Å². The Morgan fingerprint density at radius 2 is 2.06 bits per heavy atom. The van der Waals surface area contributed by atoms with Crippen LogP contribution in [0.1, 0.15) is 19.3 Å². The van der Waals surface area contributed by atoms with E-state index in [-0.39, 0.29) is 0 Å². The SMILES string of the molecule is Clc1nc(NCC2CCC2)c2ccccc2n1. The fraction of sp³-hybridized carbons (Fsp3) is 0.385. The third kappa shape index (κ3) is 2.20. The predicted octanol–water partition coefficient (Wildman–Crippen LogP) is 3.50. The van der Waals surface area contributed by atoms with Crippen molar-refractivity contribution in [3.05, 3.63) is 29.5 Å². The molecule has 3 rings (SSSR count). The summed E-state index contributed by atoms with van der Waals surface area (Å²) in [6.45, 7) is 0.983. The van der Waals surface area contributed by atoms with E-state index >= 15 is 0 Å². The Balaban J connectivity index is 1.90. The van der Waals surface area contributed by atoms with E-state index in [1.807, 2.05) is 24.3 Å². The number of nitrogens with zero attached hydrogens (tertiary/aromatic N) is 2. The van der Waals surface area contributed by atoms with Gasteiger partial charge in [0.2, 0.25) is 5.28 Å². The molecule has 0 unspecified atom stereocenters. The Bertz CT molecular complexity index is 537. The molecule has 0 spiro atoms. The van der Waals surface area contributed by atoms with Gasteiger partial charge in [0, 0.05) is 11.9 Å². The van der Waals surface area contributed by atoms with E-state index in [1.165, 1.54) is 19.3 Å². The van der Waals surface area contributed by atoms with Crippen molar-refractivity contribution in [1.29, 1.82) is 0 Å². The lowest BCUT2D eigenvalue weighted by atomic mass is 9.85. The Morgan fingerprint density at radius 3 is 2.82 bits per heavy atom. The monoisotopic (exact) mass is 247 g/mol. The predicted molar refractivity (Wildman–Crippen MR) is 70.4 cm³/mol. The van der Waals surface area contributed by atoms with Gasteiger partial charge in [0.05, 0.1) is 5.52 Å². The van der Waals surface area contributed by atoms with Crippen molar-refractivity contribution >= 4 is 28.3 Å². The van der Waals surface area contributed by atoms with Gasteiger partial charge in [0.15, 0.2) is 0 Å². The molecule has 1 aliphatic carbocycles. The molecule has 0 amide bonds. The van der Waals surface area contributed by atoms with Gasteiger partial charge in [-0.25, -0.2) is 9.97 Å². The van der Waals surface area contributed by atoms with Crippen molar-refractivity contribution in [1.82, 2.24) is 9.97 Å². The van der Waals surface area contributed by atoms with Crippen molar-refractivity contribution in [3.8, 4) is 0 Å². The fourth-order valence-corrected chi connectivity index (χ4v) is 2.30. The van der Waals surface area contributed by atoms with Crippen LogP contribution in [0.15, 0.2) is 24.3 Å². The van der Waals surface area contributed by atoms with Gasteiger partial charge >= 0.3 is 0 Å². The average molecular weight is 248 g/mol. The molecule has 17 heavy (non-hydrogen) atoms. The molecule has 1 saturated carbocycles. The van der Waals surface area contributed by atoms with Crippen LogP contribution in [-0.2, 0) is 0 Å². The number of fused-ring (bicyclic) bond motifs is 1. The third-order valence-electron chi connectivity index (χ3n) is 3.36. The molecule has 0 atom stereocenters. The molecular weight excluding hydrogens is 234 g/mol. The summed E-state index contributed by atoms with van der Waals surface area (Å²) in [6, 6.07) is 7.93. The first-order valence-electron chi connectivity index (χ1n) is 5.99. The second-order valence-corrected chi connectivity index (χ2v) is 4.87. The van der Waals surface area contributed by atoms with Crippen LogP contribution in [-0.4, -0.2) is 16.5 Å². The molecule has 0 bridgehead atoms. The van der Waals surface area contributed by atoms with Crippen LogP contribution >= 0.6 is 11.6 Å². The zero-order valence-electron chi connectivity index (χ0n) is 9.49. The van der Waals surface area contributed by atoms with Gasteiger partial charge < -0.3 is 5.32 Å². The summed E-state index contributed by atoms with van der Waals surface area (Å²) in [7, 11) is 0. The van der Waals surface area contributed by atoms with Crippen molar-refractivity contribution in [2.24, 2.45) is 5.92 Å². The topological polar surface area (TPSA) is 37.8 Å². The molecule has 2 aromatic rings. The zero-order valence-corrected chi connectivity index (χ0v) is 10.2. The molecule has 4 heteroatoms. The molecule has 1 heterocycles. The highest BCUT2D eigenvalue weighted by atomic mass is 35.5. The maximum atomic E-state index is 5.92. The number of benzene rings is 1. The van der Waals surface area contributed by atoms with E-state index in [4.69, 9.17) is 11.6 Å². The van der Waals surface area contributed by atoms with Crippen LogP contribution in [0.3, 0.4) is 0 Å². The minimum Gasteiger partial charge on any atom is -0.369 e. The first-order chi connectivity index (χ1) is 8.33. The van der Waals surface area contributed by atoms with Crippen LogP contribution in [0.2, 0.25) is 5.28 Å². The smallest absolute Gasteiger partial charge is 0.224 e. The lowest BCUT2D eigenvalue weighted by molar-refractivity contribution is 0.333. The van der Waals surface area contributed by atoms with E-state index in [0.29, 0.717) is 5.28 Å². The molecule has 0 radical (unpaired) electrons. The lowest BCUT2D eigenvalue weighted by Gasteiger charge is -2.25. The van der Waals surface area contributed by atoms with E-state index < -0.39 is 0 Å². The van der Waals surface area contributed by atoms with Crippen LogP contribution in [0.25, 0.3) is 10.9 Å². The second kappa shape index (κ2) is 4.49. The van der Waals surface area contributed by atoms with E-state index in [9.17, 15) is 0 Å². The molecule has 0 aliphatic heterocycles. The number of halogens is 1. The van der Waals surface area contributed by atoms with Crippen LogP contribution in [0.4, 0.5) is 5.82 Å². The van der Waals surface area contributed by atoms with Gasteiger partial charge in [-0.15, -0.1) is 0 Å². The molecule has 88 valence electrons. The maximum absolute atomic E-state index is 5.92. The Morgan fingerprint density at radius 1 is 1.24 bits per heavy atom. The summed E-state index contributed by atoms with van der Waals surface area (Å²) >= 11 is 5.92. The Hall–Kier alpha value is -1.35. The highest BCUT2D eigenvalue weighted by molar-refractivity contribution is 6.28. The maximum Gasteiger partial charge on any atom is 0.224 e. The van der Waals surface area contributed by atoms with Crippen molar-refractivity contribution in [3.63, 3.8) is 0 Å². The van der Waals surface area contributed by atoms with Gasteiger partial charge in [0.25, 0.3) is 0 Å². The van der Waals surface area contributed by atoms with Gasteiger partial charge in [-0.1, -0.05) is 18.6 Å². The fourth-order valence-electron chi connectivity index (χ4n) is 2.12. The molecule has 1 fully saturated rings. The summed E-state index contributed by atoms with van der Waals surface area (Å²) in [5.74, 6) is 1.65. The van der Waals surface area contributed by atoms with Crippen molar-refractivity contribution in [2.75, 3.05) is 11.9 Å². The molecule has 1 aromatic carbocycles. The van der Waals surface area contributed by atoms with Gasteiger partial charge in [-0.05, 0) is 42.5 Å². The van der Waals surface area contributed by atoms with Crippen LogP contribution in [0, 0.1) is 5.92 Å². The normalized spacial score (nSPS) is 15.8. The van der Waals surface area contributed by atoms with E-state index in [1.54, 1.807) is 0 Å². The summed E-state index contributed by atoms with van der Waals surface area (Å²) in [5.41, 5.74) is 0.892. The number of para-hydroxylation sites is 1. The molecular formula is C13H14ClN3. The third-order valence-corrected chi connectivity index (χ3v) is 3.53.